The number of hydrogen-bond donors (Lipinski definition) is 1. The zero-order valence-corrected chi connectivity index (χ0v) is 14.8. The predicted molar refractivity (Wildman–Crippen MR) is 93.9 cm³/mol. The van der Waals surface area contributed by atoms with Crippen molar-refractivity contribution in [3.63, 3.8) is 0 Å². The van der Waals surface area contributed by atoms with Gasteiger partial charge in [-0.1, -0.05) is 12.1 Å². The van der Waals surface area contributed by atoms with Gasteiger partial charge >= 0.3 is 5.97 Å². The third kappa shape index (κ3) is 4.36. The van der Waals surface area contributed by atoms with Crippen LogP contribution in [-0.2, 0) is 35.4 Å². The Kier molecular flexibility index (Phi) is 5.33. The number of aromatic nitrogens is 1. The van der Waals surface area contributed by atoms with E-state index in [4.69, 9.17) is 9.84 Å². The molecule has 1 amide bonds. The molecule has 1 aliphatic rings. The second-order valence-corrected chi connectivity index (χ2v) is 7.13. The molecule has 1 aromatic heterocycles. The van der Waals surface area contributed by atoms with Crippen molar-refractivity contribution in [1.29, 1.82) is 0 Å². The number of carboxylic acid groups (broad SMARTS) is 1. The number of methoxy groups -OCH3 is 1. The van der Waals surface area contributed by atoms with Gasteiger partial charge in [0.15, 0.2) is 0 Å². The molecule has 0 aliphatic carbocycles. The van der Waals surface area contributed by atoms with Gasteiger partial charge in [-0.15, -0.1) is 11.3 Å². The SMILES string of the molecule is COc1cccc(CC(=O)N2CCc3nc(CCC(=O)O)sc3C2)c1. The van der Waals surface area contributed by atoms with Crippen LogP contribution in [0.3, 0.4) is 0 Å². The molecule has 0 bridgehead atoms. The maximum Gasteiger partial charge on any atom is 0.303 e. The van der Waals surface area contributed by atoms with Crippen LogP contribution in [0, 0.1) is 0 Å². The first-order chi connectivity index (χ1) is 12.0. The van der Waals surface area contributed by atoms with Crippen molar-refractivity contribution < 1.29 is 19.4 Å². The number of thiazole rings is 1. The molecule has 0 fully saturated rings. The number of amides is 1. The molecule has 132 valence electrons. The Labute approximate surface area is 150 Å². The van der Waals surface area contributed by atoms with Crippen LogP contribution >= 0.6 is 11.3 Å². The average Bonchev–Trinajstić information content (AvgIpc) is 3.02. The van der Waals surface area contributed by atoms with Crippen LogP contribution in [0.25, 0.3) is 0 Å². The maximum absolute atomic E-state index is 12.6. The van der Waals surface area contributed by atoms with Crippen LogP contribution in [0.4, 0.5) is 0 Å². The monoisotopic (exact) mass is 360 g/mol. The topological polar surface area (TPSA) is 79.7 Å². The van der Waals surface area contributed by atoms with Crippen LogP contribution < -0.4 is 4.74 Å². The molecule has 6 nitrogen and oxygen atoms in total. The van der Waals surface area contributed by atoms with Crippen LogP contribution in [0.2, 0.25) is 0 Å². The van der Waals surface area contributed by atoms with Gasteiger partial charge in [0.1, 0.15) is 5.75 Å². The molecule has 0 saturated heterocycles. The fourth-order valence-electron chi connectivity index (χ4n) is 2.85. The Morgan fingerprint density at radius 3 is 3.00 bits per heavy atom. The number of hydrogen-bond acceptors (Lipinski definition) is 5. The summed E-state index contributed by atoms with van der Waals surface area (Å²) in [7, 11) is 1.61. The summed E-state index contributed by atoms with van der Waals surface area (Å²) < 4.78 is 5.20. The highest BCUT2D eigenvalue weighted by molar-refractivity contribution is 7.11. The van der Waals surface area contributed by atoms with Crippen molar-refractivity contribution in [1.82, 2.24) is 9.88 Å². The molecule has 0 spiro atoms. The number of carbonyl (C=O) groups excluding carboxylic acids is 1. The summed E-state index contributed by atoms with van der Waals surface area (Å²) in [5, 5.41) is 9.63. The van der Waals surface area contributed by atoms with Crippen LogP contribution in [0.15, 0.2) is 24.3 Å². The molecule has 0 atom stereocenters. The van der Waals surface area contributed by atoms with Gasteiger partial charge in [0, 0.05) is 24.3 Å². The quantitative estimate of drug-likeness (QED) is 0.855. The summed E-state index contributed by atoms with van der Waals surface area (Å²) in [5.74, 6) is 0.0133. The Morgan fingerprint density at radius 1 is 1.40 bits per heavy atom. The van der Waals surface area contributed by atoms with E-state index in [1.54, 1.807) is 7.11 Å². The first-order valence-electron chi connectivity index (χ1n) is 8.15. The summed E-state index contributed by atoms with van der Waals surface area (Å²) in [6.07, 6.45) is 1.61. The van der Waals surface area contributed by atoms with E-state index in [1.807, 2.05) is 29.2 Å². The number of rotatable bonds is 6. The van der Waals surface area contributed by atoms with Gasteiger partial charge in [0.25, 0.3) is 0 Å². The standard InChI is InChI=1S/C18H20N2O4S/c1-24-13-4-2-3-12(9-13)10-17(21)20-8-7-14-15(11-20)25-16(19-14)5-6-18(22)23/h2-4,9H,5-8,10-11H2,1H3,(H,22,23). The van der Waals surface area contributed by atoms with Gasteiger partial charge in [-0.3, -0.25) is 9.59 Å². The Balaban J connectivity index is 1.63. The Morgan fingerprint density at radius 2 is 2.24 bits per heavy atom. The number of ether oxygens (including phenoxy) is 1. The minimum atomic E-state index is -0.816. The van der Waals surface area contributed by atoms with Crippen molar-refractivity contribution >= 4 is 23.2 Å². The lowest BCUT2D eigenvalue weighted by atomic mass is 10.1. The van der Waals surface area contributed by atoms with Gasteiger partial charge in [-0.05, 0) is 17.7 Å². The zero-order chi connectivity index (χ0) is 17.8. The van der Waals surface area contributed by atoms with E-state index < -0.39 is 5.97 Å². The van der Waals surface area contributed by atoms with Crippen molar-refractivity contribution in [2.45, 2.75) is 32.2 Å². The van der Waals surface area contributed by atoms with E-state index in [-0.39, 0.29) is 12.3 Å². The predicted octanol–water partition coefficient (Wildman–Crippen LogP) is 2.30. The molecule has 1 aliphatic heterocycles. The number of fused-ring (bicyclic) bond motifs is 1. The second kappa shape index (κ2) is 7.65. The van der Waals surface area contributed by atoms with Crippen LogP contribution in [-0.4, -0.2) is 40.5 Å². The highest BCUT2D eigenvalue weighted by Crippen LogP contribution is 2.26. The molecule has 3 rings (SSSR count). The number of nitrogens with zero attached hydrogens (tertiary/aromatic N) is 2. The van der Waals surface area contributed by atoms with Gasteiger partial charge < -0.3 is 14.7 Å². The fraction of sp³-hybridized carbons (Fsp3) is 0.389. The first-order valence-corrected chi connectivity index (χ1v) is 8.96. The van der Waals surface area contributed by atoms with Gasteiger partial charge in [0.2, 0.25) is 5.91 Å². The van der Waals surface area contributed by atoms with Crippen LogP contribution in [0.5, 0.6) is 5.75 Å². The largest absolute Gasteiger partial charge is 0.497 e. The number of benzene rings is 1. The lowest BCUT2D eigenvalue weighted by Crippen LogP contribution is -2.36. The van der Waals surface area contributed by atoms with Crippen molar-refractivity contribution in [3.8, 4) is 5.75 Å². The number of aryl methyl sites for hydroxylation is 1. The highest BCUT2D eigenvalue weighted by atomic mass is 32.1. The minimum absolute atomic E-state index is 0.0828. The number of aliphatic carboxylic acids is 1. The molecule has 0 unspecified atom stereocenters. The highest BCUT2D eigenvalue weighted by Gasteiger charge is 2.24. The summed E-state index contributed by atoms with van der Waals surface area (Å²) in [4.78, 5) is 30.7. The third-order valence-electron chi connectivity index (χ3n) is 4.17. The van der Waals surface area contributed by atoms with E-state index >= 15 is 0 Å². The average molecular weight is 360 g/mol. The van der Waals surface area contributed by atoms with E-state index in [9.17, 15) is 9.59 Å². The second-order valence-electron chi connectivity index (χ2n) is 5.96. The molecule has 25 heavy (non-hydrogen) atoms. The fourth-order valence-corrected chi connectivity index (χ4v) is 3.98. The molecular formula is C18H20N2O4S. The smallest absolute Gasteiger partial charge is 0.303 e. The van der Waals surface area contributed by atoms with Crippen LogP contribution in [0.1, 0.15) is 27.6 Å². The molecule has 1 N–H and O–H groups in total. The normalized spacial score (nSPS) is 13.4. The maximum atomic E-state index is 12.6. The third-order valence-corrected chi connectivity index (χ3v) is 5.31. The van der Waals surface area contributed by atoms with E-state index in [0.717, 1.165) is 33.3 Å². The van der Waals surface area contributed by atoms with E-state index in [2.05, 4.69) is 4.98 Å². The molecule has 2 heterocycles. The summed E-state index contributed by atoms with van der Waals surface area (Å²) in [5.41, 5.74) is 1.94. The summed E-state index contributed by atoms with van der Waals surface area (Å²) in [6, 6.07) is 7.54. The molecule has 7 heteroatoms. The summed E-state index contributed by atoms with van der Waals surface area (Å²) >= 11 is 1.52. The van der Waals surface area contributed by atoms with Crippen molar-refractivity contribution in [3.05, 3.63) is 45.4 Å². The van der Waals surface area contributed by atoms with Crippen molar-refractivity contribution in [2.75, 3.05) is 13.7 Å². The molecule has 2 aromatic rings. The van der Waals surface area contributed by atoms with Gasteiger partial charge in [-0.25, -0.2) is 4.98 Å². The lowest BCUT2D eigenvalue weighted by molar-refractivity contribution is -0.137. The molecule has 0 radical (unpaired) electrons. The summed E-state index contributed by atoms with van der Waals surface area (Å²) in [6.45, 7) is 1.21. The van der Waals surface area contributed by atoms with Gasteiger partial charge in [-0.2, -0.15) is 0 Å². The van der Waals surface area contributed by atoms with Crippen molar-refractivity contribution in [2.24, 2.45) is 0 Å². The number of carbonyl (C=O) groups is 2. The lowest BCUT2D eigenvalue weighted by Gasteiger charge is -2.26. The minimum Gasteiger partial charge on any atom is -0.497 e. The van der Waals surface area contributed by atoms with Gasteiger partial charge in [0.05, 0.1) is 37.2 Å². The Bertz CT molecular complexity index is 787. The Hall–Kier alpha value is -2.41. The molecule has 0 saturated carbocycles. The molecular weight excluding hydrogens is 340 g/mol. The first kappa shape index (κ1) is 17.4. The number of carboxylic acids is 1. The zero-order valence-electron chi connectivity index (χ0n) is 14.0. The van der Waals surface area contributed by atoms with E-state index in [1.165, 1.54) is 11.3 Å². The molecule has 1 aromatic carbocycles. The van der Waals surface area contributed by atoms with E-state index in [0.29, 0.717) is 25.9 Å².